The summed E-state index contributed by atoms with van der Waals surface area (Å²) in [6.07, 6.45) is 10.4. The third-order valence-electron chi connectivity index (χ3n) is 7.20. The molecular weight excluding hydrogens is 356 g/mol. The van der Waals surface area contributed by atoms with Crippen molar-refractivity contribution in [2.45, 2.75) is 76.1 Å². The molecule has 1 N–H and O–H groups in total. The molecule has 0 amide bonds. The molecule has 0 aliphatic heterocycles. The summed E-state index contributed by atoms with van der Waals surface area (Å²) in [5.74, 6) is 1.93. The van der Waals surface area contributed by atoms with Crippen molar-refractivity contribution in [3.63, 3.8) is 0 Å². The van der Waals surface area contributed by atoms with Gasteiger partial charge in [0.1, 0.15) is 6.61 Å². The van der Waals surface area contributed by atoms with Gasteiger partial charge >= 0.3 is 16.3 Å². The first kappa shape index (κ1) is 18.5. The van der Waals surface area contributed by atoms with Crippen LogP contribution in [0.25, 0.3) is 0 Å². The molecule has 5 saturated carbocycles. The van der Waals surface area contributed by atoms with E-state index in [1.54, 1.807) is 0 Å². The summed E-state index contributed by atoms with van der Waals surface area (Å²) >= 11 is 0. The molecule has 0 radical (unpaired) electrons. The van der Waals surface area contributed by atoms with E-state index in [-0.39, 0.29) is 11.3 Å². The summed E-state index contributed by atoms with van der Waals surface area (Å²) in [7, 11) is -4.45. The third-order valence-corrected chi connectivity index (χ3v) is 8.27. The van der Waals surface area contributed by atoms with Crippen molar-refractivity contribution in [2.75, 3.05) is 6.61 Å². The average molecular weight is 387 g/mol. The minimum Gasteiger partial charge on any atom is -0.434 e. The van der Waals surface area contributed by atoms with Gasteiger partial charge in [-0.15, -0.1) is 0 Å². The molecule has 4 bridgehead atoms. The van der Waals surface area contributed by atoms with E-state index in [1.807, 2.05) is 0 Å². The van der Waals surface area contributed by atoms with Gasteiger partial charge in [0.2, 0.25) is 5.44 Å². The maximum atomic E-state index is 12.2. The smallest absolute Gasteiger partial charge is 0.434 e. The van der Waals surface area contributed by atoms with Crippen molar-refractivity contribution >= 4 is 16.3 Å². The summed E-state index contributed by atoms with van der Waals surface area (Å²) in [6, 6.07) is 0. The summed E-state index contributed by atoms with van der Waals surface area (Å²) < 4.78 is 43.5. The zero-order valence-electron chi connectivity index (χ0n) is 15.3. The van der Waals surface area contributed by atoms with Gasteiger partial charge in [-0.1, -0.05) is 19.3 Å². The third kappa shape index (κ3) is 3.88. The number of rotatable bonds is 5. The molecule has 26 heavy (non-hydrogen) atoms. The normalized spacial score (nSPS) is 38.1. The zero-order chi connectivity index (χ0) is 18.4. The van der Waals surface area contributed by atoms with Crippen LogP contribution in [0, 0.1) is 29.1 Å². The van der Waals surface area contributed by atoms with Gasteiger partial charge < -0.3 is 9.47 Å². The molecule has 5 fully saturated rings. The predicted molar refractivity (Wildman–Crippen MR) is 94.9 cm³/mol. The molecular formula is C19H30O6S. The number of carbonyl (C=O) groups is 1. The quantitative estimate of drug-likeness (QED) is 0.564. The maximum Gasteiger partial charge on any atom is 0.509 e. The summed E-state index contributed by atoms with van der Waals surface area (Å²) in [5, 5.41) is 0. The molecule has 0 aromatic carbocycles. The van der Waals surface area contributed by atoms with Crippen LogP contribution in [0.15, 0.2) is 0 Å². The fourth-order valence-corrected chi connectivity index (χ4v) is 7.57. The lowest BCUT2D eigenvalue weighted by Gasteiger charge is -2.56. The number of carbonyl (C=O) groups excluding carboxylic acids is 1. The van der Waals surface area contributed by atoms with Crippen molar-refractivity contribution < 1.29 is 27.2 Å². The van der Waals surface area contributed by atoms with E-state index in [4.69, 9.17) is 9.47 Å². The van der Waals surface area contributed by atoms with Gasteiger partial charge in [-0.3, -0.25) is 4.55 Å². The molecule has 5 aliphatic carbocycles. The first-order chi connectivity index (χ1) is 12.3. The highest BCUT2D eigenvalue weighted by Crippen LogP contribution is 2.60. The van der Waals surface area contributed by atoms with Gasteiger partial charge in [-0.05, 0) is 69.1 Å². The molecule has 6 nitrogen and oxygen atoms in total. The van der Waals surface area contributed by atoms with Crippen molar-refractivity contribution in [2.24, 2.45) is 29.1 Å². The van der Waals surface area contributed by atoms with Crippen LogP contribution in [0.5, 0.6) is 0 Å². The zero-order valence-corrected chi connectivity index (χ0v) is 16.1. The van der Waals surface area contributed by atoms with E-state index < -0.39 is 21.7 Å². The molecule has 7 heteroatoms. The van der Waals surface area contributed by atoms with Gasteiger partial charge in [0.05, 0.1) is 0 Å². The largest absolute Gasteiger partial charge is 0.509 e. The Morgan fingerprint density at radius 1 is 1.00 bits per heavy atom. The maximum absolute atomic E-state index is 12.2. The van der Waals surface area contributed by atoms with Gasteiger partial charge in [0.15, 0.2) is 0 Å². The topological polar surface area (TPSA) is 89.9 Å². The van der Waals surface area contributed by atoms with Gasteiger partial charge in [0, 0.05) is 11.3 Å². The lowest BCUT2D eigenvalue weighted by atomic mass is 9.50. The van der Waals surface area contributed by atoms with Gasteiger partial charge in [-0.25, -0.2) is 4.79 Å². The average Bonchev–Trinajstić information content (AvgIpc) is 2.56. The van der Waals surface area contributed by atoms with Gasteiger partial charge in [0.25, 0.3) is 0 Å². The molecule has 1 atom stereocenters. The molecule has 0 spiro atoms. The molecule has 0 aromatic rings. The van der Waals surface area contributed by atoms with Crippen molar-refractivity contribution in [3.8, 4) is 0 Å². The molecule has 0 aromatic heterocycles. The van der Waals surface area contributed by atoms with Crippen LogP contribution in [0.4, 0.5) is 4.79 Å². The van der Waals surface area contributed by atoms with Crippen molar-refractivity contribution in [3.05, 3.63) is 0 Å². The Kier molecular flexibility index (Phi) is 4.97. The van der Waals surface area contributed by atoms with Crippen molar-refractivity contribution in [1.29, 1.82) is 0 Å². The summed E-state index contributed by atoms with van der Waals surface area (Å²) in [4.78, 5) is 12.2. The van der Waals surface area contributed by atoms with Crippen LogP contribution in [0.1, 0.15) is 70.6 Å². The highest BCUT2D eigenvalue weighted by atomic mass is 32.2. The summed E-state index contributed by atoms with van der Waals surface area (Å²) in [6.45, 7) is 0.318. The lowest BCUT2D eigenvalue weighted by molar-refractivity contribution is -0.0923. The van der Waals surface area contributed by atoms with Crippen LogP contribution >= 0.6 is 0 Å². The molecule has 1 unspecified atom stereocenters. The second-order valence-corrected chi connectivity index (χ2v) is 10.9. The van der Waals surface area contributed by atoms with Crippen LogP contribution < -0.4 is 0 Å². The van der Waals surface area contributed by atoms with E-state index in [0.717, 1.165) is 56.3 Å². The van der Waals surface area contributed by atoms with Gasteiger partial charge in [-0.2, -0.15) is 8.42 Å². The number of hydrogen-bond donors (Lipinski definition) is 1. The monoisotopic (exact) mass is 386 g/mol. The van der Waals surface area contributed by atoms with E-state index in [0.29, 0.717) is 19.4 Å². The summed E-state index contributed by atoms with van der Waals surface area (Å²) in [5.41, 5.74) is -1.43. The van der Waals surface area contributed by atoms with E-state index in [2.05, 4.69) is 0 Å². The second kappa shape index (κ2) is 6.97. The Bertz CT molecular complexity index is 601. The Morgan fingerprint density at radius 2 is 1.54 bits per heavy atom. The first-order valence-corrected chi connectivity index (χ1v) is 11.6. The lowest BCUT2D eigenvalue weighted by Crippen LogP contribution is -2.48. The molecule has 5 rings (SSSR count). The highest BCUT2D eigenvalue weighted by molar-refractivity contribution is 7.86. The second-order valence-electron chi connectivity index (χ2n) is 9.36. The Labute approximate surface area is 155 Å². The van der Waals surface area contributed by atoms with Crippen LogP contribution in [-0.4, -0.2) is 31.2 Å². The number of hydrogen-bond acceptors (Lipinski definition) is 5. The molecule has 0 heterocycles. The Hall–Kier alpha value is -0.820. The van der Waals surface area contributed by atoms with Crippen molar-refractivity contribution in [1.82, 2.24) is 0 Å². The minimum absolute atomic E-state index is 0.0617. The molecule has 148 valence electrons. The molecule has 5 aliphatic rings. The molecule has 0 saturated heterocycles. The Morgan fingerprint density at radius 3 is 2.04 bits per heavy atom. The SMILES string of the molecule is O=C(OCC12CC3CC(CC(C3)C1)C2)OC(C1CCCCC1)S(=O)(=O)O. The standard InChI is InChI=1S/C19H30O6S/c20-18(25-17(26(21,22)23)16-4-2-1-3-5-16)24-12-19-9-13-6-14(10-19)8-15(7-13)11-19/h13-17H,1-12H2,(H,21,22,23). The fourth-order valence-electron chi connectivity index (χ4n) is 6.61. The minimum atomic E-state index is -4.45. The van der Waals surface area contributed by atoms with Crippen LogP contribution in [0.2, 0.25) is 0 Å². The fraction of sp³-hybridized carbons (Fsp3) is 0.947. The van der Waals surface area contributed by atoms with Crippen LogP contribution in [-0.2, 0) is 19.6 Å². The predicted octanol–water partition coefficient (Wildman–Crippen LogP) is 4.15. The van der Waals surface area contributed by atoms with E-state index in [1.165, 1.54) is 19.3 Å². The first-order valence-electron chi connectivity index (χ1n) is 10.1. The number of ether oxygens (including phenoxy) is 2. The van der Waals surface area contributed by atoms with E-state index >= 15 is 0 Å². The highest BCUT2D eigenvalue weighted by Gasteiger charge is 2.51. The Balaban J connectivity index is 1.35. The van der Waals surface area contributed by atoms with Crippen LogP contribution in [0.3, 0.4) is 0 Å². The van der Waals surface area contributed by atoms with E-state index in [9.17, 15) is 17.8 Å².